The number of carboxylic acid groups (broad SMARTS) is 1. The normalized spacial score (nSPS) is 22.5. The molecule has 1 unspecified atom stereocenters. The van der Waals surface area contributed by atoms with Gasteiger partial charge in [-0.2, -0.15) is 0 Å². The van der Waals surface area contributed by atoms with Gasteiger partial charge in [-0.3, -0.25) is 9.59 Å². The second-order valence-corrected chi connectivity index (χ2v) is 4.86. The number of carbonyl (C=O) groups is 2. The zero-order valence-electron chi connectivity index (χ0n) is 10.8. The van der Waals surface area contributed by atoms with Gasteiger partial charge in [0.2, 0.25) is 0 Å². The van der Waals surface area contributed by atoms with Crippen LogP contribution in [0.3, 0.4) is 0 Å². The van der Waals surface area contributed by atoms with E-state index in [1.54, 1.807) is 12.1 Å². The Morgan fingerprint density at radius 1 is 1.58 bits per heavy atom. The number of likely N-dealkylation sites (tertiary alicyclic amines) is 1. The highest BCUT2D eigenvalue weighted by molar-refractivity contribution is 5.97. The summed E-state index contributed by atoms with van der Waals surface area (Å²) in [5.41, 5.74) is 5.40. The van der Waals surface area contributed by atoms with E-state index in [9.17, 15) is 14.7 Å². The lowest BCUT2D eigenvalue weighted by molar-refractivity contribution is -0.148. The first kappa shape index (κ1) is 13.3. The molecule has 0 spiro atoms. The van der Waals surface area contributed by atoms with E-state index in [4.69, 9.17) is 5.73 Å². The molecule has 102 valence electrons. The highest BCUT2D eigenvalue weighted by Gasteiger charge is 2.45. The summed E-state index contributed by atoms with van der Waals surface area (Å²) in [5.74, 6) is -1.14. The van der Waals surface area contributed by atoms with Gasteiger partial charge in [0.05, 0.1) is 11.1 Å². The predicted octanol–water partition coefficient (Wildman–Crippen LogP) is 0.991. The van der Waals surface area contributed by atoms with E-state index in [-0.39, 0.29) is 18.1 Å². The predicted molar refractivity (Wildman–Crippen MR) is 69.5 cm³/mol. The van der Waals surface area contributed by atoms with Crippen molar-refractivity contribution in [2.45, 2.75) is 19.8 Å². The van der Waals surface area contributed by atoms with Gasteiger partial charge in [-0.25, -0.2) is 4.98 Å². The second-order valence-electron chi connectivity index (χ2n) is 4.86. The number of aromatic nitrogens is 1. The van der Waals surface area contributed by atoms with Crippen LogP contribution in [0.25, 0.3) is 0 Å². The van der Waals surface area contributed by atoms with Gasteiger partial charge in [0.1, 0.15) is 0 Å². The molecule has 1 aromatic heterocycles. The summed E-state index contributed by atoms with van der Waals surface area (Å²) in [6.45, 7) is 2.47. The quantitative estimate of drug-likeness (QED) is 0.847. The van der Waals surface area contributed by atoms with Crippen molar-refractivity contribution in [1.29, 1.82) is 0 Å². The third kappa shape index (κ3) is 2.25. The van der Waals surface area contributed by atoms with Crippen molar-refractivity contribution in [2.24, 2.45) is 5.41 Å². The van der Waals surface area contributed by atoms with Crippen molar-refractivity contribution in [3.63, 3.8) is 0 Å². The van der Waals surface area contributed by atoms with Gasteiger partial charge in [0.25, 0.3) is 5.91 Å². The number of pyridine rings is 1. The summed E-state index contributed by atoms with van der Waals surface area (Å²) >= 11 is 0. The zero-order valence-corrected chi connectivity index (χ0v) is 10.8. The maximum Gasteiger partial charge on any atom is 0.311 e. The molecule has 1 atom stereocenters. The fraction of sp³-hybridized carbons (Fsp3) is 0.462. The molecule has 6 heteroatoms. The molecule has 1 aliphatic rings. The van der Waals surface area contributed by atoms with E-state index in [0.717, 1.165) is 0 Å². The Bertz CT molecular complexity index is 518. The minimum atomic E-state index is -0.848. The molecule has 1 fully saturated rings. The maximum atomic E-state index is 12.3. The van der Waals surface area contributed by atoms with Crippen molar-refractivity contribution in [3.05, 3.63) is 24.0 Å². The SMILES string of the molecule is CCC1(C(=O)O)CCN(C(=O)c2ncccc2N)C1. The number of hydrogen-bond donors (Lipinski definition) is 2. The molecule has 19 heavy (non-hydrogen) atoms. The number of nitrogen functional groups attached to an aromatic ring is 1. The average molecular weight is 263 g/mol. The number of amides is 1. The lowest BCUT2D eigenvalue weighted by Crippen LogP contribution is -2.37. The number of aliphatic carboxylic acids is 1. The molecule has 0 saturated carbocycles. The standard InChI is InChI=1S/C13H17N3O3/c1-2-13(12(18)19)5-7-16(8-13)11(17)10-9(14)4-3-6-15-10/h3-4,6H,2,5,7-8,14H2,1H3,(H,18,19). The molecule has 1 amide bonds. The lowest BCUT2D eigenvalue weighted by atomic mass is 9.84. The number of hydrogen-bond acceptors (Lipinski definition) is 4. The van der Waals surface area contributed by atoms with Crippen LogP contribution >= 0.6 is 0 Å². The molecule has 3 N–H and O–H groups in total. The third-order valence-corrected chi connectivity index (χ3v) is 3.81. The molecule has 1 saturated heterocycles. The Morgan fingerprint density at radius 3 is 2.84 bits per heavy atom. The first-order chi connectivity index (χ1) is 9.00. The Balaban J connectivity index is 2.20. The number of carboxylic acids is 1. The highest BCUT2D eigenvalue weighted by Crippen LogP contribution is 2.35. The van der Waals surface area contributed by atoms with Gasteiger partial charge in [0, 0.05) is 19.3 Å². The fourth-order valence-electron chi connectivity index (χ4n) is 2.41. The number of nitrogens with two attached hydrogens (primary N) is 1. The van der Waals surface area contributed by atoms with Gasteiger partial charge >= 0.3 is 5.97 Å². The molecule has 6 nitrogen and oxygen atoms in total. The monoisotopic (exact) mass is 263 g/mol. The van der Waals surface area contributed by atoms with E-state index < -0.39 is 11.4 Å². The first-order valence-electron chi connectivity index (χ1n) is 6.23. The van der Waals surface area contributed by atoms with Crippen molar-refractivity contribution in [2.75, 3.05) is 18.8 Å². The summed E-state index contributed by atoms with van der Waals surface area (Å²) in [4.78, 5) is 29.1. The fourth-order valence-corrected chi connectivity index (χ4v) is 2.41. The van der Waals surface area contributed by atoms with E-state index in [1.807, 2.05) is 6.92 Å². The molecule has 0 bridgehead atoms. The van der Waals surface area contributed by atoms with Crippen LogP contribution in [0.2, 0.25) is 0 Å². The van der Waals surface area contributed by atoms with E-state index in [2.05, 4.69) is 4.98 Å². The molecule has 0 aromatic carbocycles. The number of nitrogens with zero attached hydrogens (tertiary/aromatic N) is 2. The Hall–Kier alpha value is -2.11. The molecule has 2 heterocycles. The van der Waals surface area contributed by atoms with Crippen LogP contribution in [0.15, 0.2) is 18.3 Å². The first-order valence-corrected chi connectivity index (χ1v) is 6.23. The molecule has 1 aromatic rings. The smallest absolute Gasteiger partial charge is 0.311 e. The van der Waals surface area contributed by atoms with Crippen LogP contribution in [0.5, 0.6) is 0 Å². The van der Waals surface area contributed by atoms with Gasteiger partial charge in [-0.1, -0.05) is 6.92 Å². The van der Waals surface area contributed by atoms with Gasteiger partial charge in [0.15, 0.2) is 5.69 Å². The van der Waals surface area contributed by atoms with Crippen LogP contribution in [0.1, 0.15) is 30.3 Å². The van der Waals surface area contributed by atoms with Crippen LogP contribution in [0, 0.1) is 5.41 Å². The van der Waals surface area contributed by atoms with Gasteiger partial charge < -0.3 is 15.7 Å². The summed E-state index contributed by atoms with van der Waals surface area (Å²) in [6.07, 6.45) is 2.48. The zero-order chi connectivity index (χ0) is 14.0. The Labute approximate surface area is 111 Å². The third-order valence-electron chi connectivity index (χ3n) is 3.81. The van der Waals surface area contributed by atoms with Crippen LogP contribution < -0.4 is 5.73 Å². The topological polar surface area (TPSA) is 96.5 Å². The van der Waals surface area contributed by atoms with Crippen molar-refractivity contribution < 1.29 is 14.7 Å². The summed E-state index contributed by atoms with van der Waals surface area (Å²) < 4.78 is 0. The van der Waals surface area contributed by atoms with Crippen LogP contribution in [-0.4, -0.2) is 40.0 Å². The molecule has 0 radical (unpaired) electrons. The molecular weight excluding hydrogens is 246 g/mol. The minimum absolute atomic E-state index is 0.194. The Kier molecular flexibility index (Phi) is 3.42. The van der Waals surface area contributed by atoms with Gasteiger partial charge in [-0.05, 0) is 25.0 Å². The largest absolute Gasteiger partial charge is 0.481 e. The number of anilines is 1. The van der Waals surface area contributed by atoms with Crippen LogP contribution in [0.4, 0.5) is 5.69 Å². The van der Waals surface area contributed by atoms with Crippen molar-refractivity contribution in [3.8, 4) is 0 Å². The maximum absolute atomic E-state index is 12.3. The number of rotatable bonds is 3. The molecule has 0 aliphatic carbocycles. The summed E-state index contributed by atoms with van der Waals surface area (Å²) in [6, 6.07) is 3.27. The van der Waals surface area contributed by atoms with E-state index in [0.29, 0.717) is 25.1 Å². The summed E-state index contributed by atoms with van der Waals surface area (Å²) in [5, 5.41) is 9.31. The second kappa shape index (κ2) is 4.87. The van der Waals surface area contributed by atoms with Crippen molar-refractivity contribution in [1.82, 2.24) is 9.88 Å². The minimum Gasteiger partial charge on any atom is -0.481 e. The van der Waals surface area contributed by atoms with Crippen LogP contribution in [-0.2, 0) is 4.79 Å². The molecule has 1 aliphatic heterocycles. The molecular formula is C13H17N3O3. The summed E-state index contributed by atoms with van der Waals surface area (Å²) in [7, 11) is 0. The van der Waals surface area contributed by atoms with E-state index >= 15 is 0 Å². The Morgan fingerprint density at radius 2 is 2.32 bits per heavy atom. The highest BCUT2D eigenvalue weighted by atomic mass is 16.4. The number of carbonyl (C=O) groups excluding carboxylic acids is 1. The lowest BCUT2D eigenvalue weighted by Gasteiger charge is -2.23. The van der Waals surface area contributed by atoms with Crippen molar-refractivity contribution >= 4 is 17.6 Å². The van der Waals surface area contributed by atoms with Gasteiger partial charge in [-0.15, -0.1) is 0 Å². The average Bonchev–Trinajstić information content (AvgIpc) is 2.84. The molecule has 2 rings (SSSR count). The van der Waals surface area contributed by atoms with E-state index in [1.165, 1.54) is 11.1 Å².